The first-order chi connectivity index (χ1) is 15.0. The Morgan fingerprint density at radius 2 is 1.94 bits per heavy atom. The summed E-state index contributed by atoms with van der Waals surface area (Å²) in [4.78, 5) is 36.7. The van der Waals surface area contributed by atoms with Crippen molar-refractivity contribution < 1.29 is 9.59 Å². The molecular formula is C19H22N8O2S2. The topological polar surface area (TPSA) is 148 Å². The summed E-state index contributed by atoms with van der Waals surface area (Å²) in [6, 6.07) is 2.18. The van der Waals surface area contributed by atoms with Crippen LogP contribution in [0.25, 0.3) is 0 Å². The van der Waals surface area contributed by atoms with E-state index in [-0.39, 0.29) is 23.7 Å². The van der Waals surface area contributed by atoms with Crippen molar-refractivity contribution in [3.8, 4) is 0 Å². The number of nitrogens with two attached hydrogens (primary N) is 1. The van der Waals surface area contributed by atoms with Crippen LogP contribution in [0.3, 0.4) is 0 Å². The largest absolute Gasteiger partial charge is 0.366 e. The lowest BCUT2D eigenvalue weighted by Gasteiger charge is -2.29. The third-order valence-electron chi connectivity index (χ3n) is 4.92. The molecule has 1 aliphatic carbocycles. The van der Waals surface area contributed by atoms with Crippen LogP contribution in [-0.2, 0) is 0 Å². The van der Waals surface area contributed by atoms with E-state index >= 15 is 0 Å². The normalized spacial score (nSPS) is 18.4. The van der Waals surface area contributed by atoms with Crippen LogP contribution in [0.2, 0.25) is 0 Å². The third-order valence-corrected chi connectivity index (χ3v) is 6.48. The summed E-state index contributed by atoms with van der Waals surface area (Å²) >= 11 is 2.61. The lowest BCUT2D eigenvalue weighted by Crippen LogP contribution is -2.40. The smallest absolute Gasteiger partial charge is 0.280 e. The molecule has 0 bridgehead atoms. The number of aryl methyl sites for hydroxylation is 1. The molecule has 0 atom stereocenters. The van der Waals surface area contributed by atoms with E-state index in [1.807, 2.05) is 13.0 Å². The van der Waals surface area contributed by atoms with Crippen LogP contribution in [0, 0.1) is 6.92 Å². The van der Waals surface area contributed by atoms with Crippen molar-refractivity contribution in [3.05, 3.63) is 40.2 Å². The minimum Gasteiger partial charge on any atom is -0.366 e. The molecular weight excluding hydrogens is 436 g/mol. The molecule has 0 saturated heterocycles. The fourth-order valence-electron chi connectivity index (χ4n) is 3.44. The highest BCUT2D eigenvalue weighted by Crippen LogP contribution is 2.25. The number of hydrogen-bond donors (Lipinski definition) is 4. The second kappa shape index (κ2) is 9.35. The lowest BCUT2D eigenvalue weighted by atomic mass is 9.91. The molecule has 3 aromatic rings. The van der Waals surface area contributed by atoms with Gasteiger partial charge in [-0.05, 0) is 50.2 Å². The minimum absolute atomic E-state index is 0.0743. The van der Waals surface area contributed by atoms with Gasteiger partial charge in [0.15, 0.2) is 16.5 Å². The average molecular weight is 459 g/mol. The van der Waals surface area contributed by atoms with Crippen LogP contribution in [0.1, 0.15) is 51.7 Å². The van der Waals surface area contributed by atoms with E-state index < -0.39 is 5.91 Å². The molecule has 10 nitrogen and oxygen atoms in total. The maximum absolute atomic E-state index is 12.2. The van der Waals surface area contributed by atoms with E-state index in [0.717, 1.165) is 36.4 Å². The SMILES string of the molecule is Cc1cc(Nc2nc(NC3CCC(NC(=O)c4nccs4)CC3)cnc2C(N)=O)sn1. The second-order valence-electron chi connectivity index (χ2n) is 7.28. The number of primary amides is 1. The standard InChI is InChI=1S/C19H22N8O2S2/c1-10-8-14(31-27-10)26-17-15(16(20)28)22-9-13(25-17)23-11-2-4-12(5-3-11)24-18(29)19-21-6-7-30-19/h6-9,11-12H,2-5H2,1H3,(H2,20,28)(H,24,29)(H2,23,25,26). The molecule has 1 saturated carbocycles. The monoisotopic (exact) mass is 458 g/mol. The van der Waals surface area contributed by atoms with Crippen LogP contribution in [0.5, 0.6) is 0 Å². The van der Waals surface area contributed by atoms with Crippen molar-refractivity contribution in [1.82, 2.24) is 24.6 Å². The summed E-state index contributed by atoms with van der Waals surface area (Å²) in [6.07, 6.45) is 6.60. The zero-order valence-corrected chi connectivity index (χ0v) is 18.4. The zero-order chi connectivity index (χ0) is 21.8. The van der Waals surface area contributed by atoms with Crippen molar-refractivity contribution in [2.24, 2.45) is 5.73 Å². The van der Waals surface area contributed by atoms with Gasteiger partial charge < -0.3 is 21.7 Å². The Hall–Kier alpha value is -3.12. The second-order valence-corrected chi connectivity index (χ2v) is 8.98. The Morgan fingerprint density at radius 3 is 2.58 bits per heavy atom. The maximum atomic E-state index is 12.2. The molecule has 0 aliphatic heterocycles. The predicted octanol–water partition coefficient (Wildman–Crippen LogP) is 2.69. The fraction of sp³-hybridized carbons (Fsp3) is 0.368. The van der Waals surface area contributed by atoms with E-state index in [2.05, 4.69) is 35.3 Å². The molecule has 5 N–H and O–H groups in total. The number of amides is 2. The molecule has 3 heterocycles. The Bertz CT molecular complexity index is 1060. The van der Waals surface area contributed by atoms with E-state index in [0.29, 0.717) is 16.6 Å². The molecule has 31 heavy (non-hydrogen) atoms. The number of hydrogen-bond acceptors (Lipinski definition) is 10. The summed E-state index contributed by atoms with van der Waals surface area (Å²) in [6.45, 7) is 1.88. The van der Waals surface area contributed by atoms with Crippen molar-refractivity contribution in [1.29, 1.82) is 0 Å². The van der Waals surface area contributed by atoms with Gasteiger partial charge in [0.05, 0.1) is 11.9 Å². The first kappa shape index (κ1) is 21.1. The predicted molar refractivity (Wildman–Crippen MR) is 120 cm³/mol. The van der Waals surface area contributed by atoms with E-state index in [9.17, 15) is 9.59 Å². The van der Waals surface area contributed by atoms with Gasteiger partial charge in [0.2, 0.25) is 0 Å². The highest BCUT2D eigenvalue weighted by atomic mass is 32.1. The Morgan fingerprint density at radius 1 is 1.16 bits per heavy atom. The molecule has 0 radical (unpaired) electrons. The van der Waals surface area contributed by atoms with Crippen LogP contribution >= 0.6 is 22.9 Å². The number of nitrogens with one attached hydrogen (secondary N) is 3. The van der Waals surface area contributed by atoms with Crippen LogP contribution in [0.15, 0.2) is 23.8 Å². The molecule has 1 fully saturated rings. The first-order valence-corrected chi connectivity index (χ1v) is 11.5. The van der Waals surface area contributed by atoms with Crippen molar-refractivity contribution in [2.45, 2.75) is 44.7 Å². The summed E-state index contributed by atoms with van der Waals surface area (Å²) in [5.41, 5.74) is 6.39. The van der Waals surface area contributed by atoms with E-state index in [4.69, 9.17) is 5.73 Å². The molecule has 2 amide bonds. The lowest BCUT2D eigenvalue weighted by molar-refractivity contribution is 0.0925. The zero-order valence-electron chi connectivity index (χ0n) is 16.8. The van der Waals surface area contributed by atoms with Crippen molar-refractivity contribution in [2.75, 3.05) is 10.6 Å². The molecule has 4 rings (SSSR count). The number of aromatic nitrogens is 4. The van der Waals surface area contributed by atoms with Crippen molar-refractivity contribution in [3.63, 3.8) is 0 Å². The molecule has 3 aromatic heterocycles. The summed E-state index contributed by atoms with van der Waals surface area (Å²) < 4.78 is 4.21. The number of nitrogens with zero attached hydrogens (tertiary/aromatic N) is 4. The molecule has 162 valence electrons. The van der Waals surface area contributed by atoms with Gasteiger partial charge in [-0.25, -0.2) is 15.0 Å². The highest BCUT2D eigenvalue weighted by Gasteiger charge is 2.24. The van der Waals surface area contributed by atoms with Gasteiger partial charge in [0.25, 0.3) is 11.8 Å². The number of carbonyl (C=O) groups excluding carboxylic acids is 2. The fourth-order valence-corrected chi connectivity index (χ4v) is 4.64. The quantitative estimate of drug-likeness (QED) is 0.422. The third kappa shape index (κ3) is 5.33. The van der Waals surface area contributed by atoms with Gasteiger partial charge in [-0.3, -0.25) is 9.59 Å². The van der Waals surface area contributed by atoms with E-state index in [1.54, 1.807) is 11.6 Å². The van der Waals surface area contributed by atoms with Gasteiger partial charge >= 0.3 is 0 Å². The molecule has 0 unspecified atom stereocenters. The Labute approximate surface area is 186 Å². The Kier molecular flexibility index (Phi) is 6.37. The molecule has 12 heteroatoms. The molecule has 0 spiro atoms. The first-order valence-electron chi connectivity index (χ1n) is 9.82. The molecule has 1 aliphatic rings. The number of anilines is 3. The summed E-state index contributed by atoms with van der Waals surface area (Å²) in [5.74, 6) is 0.0853. The average Bonchev–Trinajstić information content (AvgIpc) is 3.41. The van der Waals surface area contributed by atoms with Gasteiger partial charge in [0.1, 0.15) is 10.8 Å². The van der Waals surface area contributed by atoms with Crippen LogP contribution in [-0.4, -0.2) is 43.2 Å². The van der Waals surface area contributed by atoms with Gasteiger partial charge in [-0.15, -0.1) is 11.3 Å². The summed E-state index contributed by atoms with van der Waals surface area (Å²) in [7, 11) is 0. The number of thiazole rings is 1. The molecule has 0 aromatic carbocycles. The van der Waals surface area contributed by atoms with Gasteiger partial charge in [0, 0.05) is 23.7 Å². The highest BCUT2D eigenvalue weighted by molar-refractivity contribution is 7.11. The minimum atomic E-state index is -0.653. The Balaban J connectivity index is 1.36. The van der Waals surface area contributed by atoms with Crippen molar-refractivity contribution >= 4 is 51.3 Å². The van der Waals surface area contributed by atoms with Crippen LogP contribution in [0.4, 0.5) is 16.6 Å². The number of rotatable bonds is 7. The van der Waals surface area contributed by atoms with Gasteiger partial charge in [-0.2, -0.15) is 4.37 Å². The number of carbonyl (C=O) groups is 2. The summed E-state index contributed by atoms with van der Waals surface area (Å²) in [5, 5.41) is 12.5. The maximum Gasteiger partial charge on any atom is 0.280 e. The van der Waals surface area contributed by atoms with E-state index in [1.165, 1.54) is 29.1 Å². The van der Waals surface area contributed by atoms with Crippen LogP contribution < -0.4 is 21.7 Å². The van der Waals surface area contributed by atoms with Gasteiger partial charge in [-0.1, -0.05) is 0 Å².